The third kappa shape index (κ3) is 7.27. The molecule has 1 aliphatic rings. The van der Waals surface area contributed by atoms with Gasteiger partial charge >= 0.3 is 15.4 Å². The molecule has 0 aromatic heterocycles. The molecular formula is C14H29BO8P2. The van der Waals surface area contributed by atoms with E-state index in [1.165, 1.54) is 13.2 Å². The van der Waals surface area contributed by atoms with Gasteiger partial charge in [-0.2, -0.15) is 0 Å². The third-order valence-electron chi connectivity index (χ3n) is 4.27. The summed E-state index contributed by atoms with van der Waals surface area (Å²) in [5.74, 6) is 0.737. The van der Waals surface area contributed by atoms with Crippen molar-refractivity contribution in [2.45, 2.75) is 57.2 Å². The first kappa shape index (κ1) is 23.1. The van der Waals surface area contributed by atoms with Crippen LogP contribution in [-0.4, -0.2) is 50.2 Å². The van der Waals surface area contributed by atoms with Crippen LogP contribution in [0.1, 0.15) is 33.1 Å². The summed E-state index contributed by atoms with van der Waals surface area (Å²) in [6.07, 6.45) is 1.90. The lowest BCUT2D eigenvalue weighted by molar-refractivity contribution is -0.0119. The molecule has 0 heterocycles. The van der Waals surface area contributed by atoms with Gasteiger partial charge in [-0.25, -0.2) is 4.57 Å². The minimum absolute atomic E-state index is 0.0401. The van der Waals surface area contributed by atoms with E-state index in [0.717, 1.165) is 19.3 Å². The van der Waals surface area contributed by atoms with Crippen LogP contribution in [0.25, 0.3) is 0 Å². The van der Waals surface area contributed by atoms with Gasteiger partial charge in [0.25, 0.3) is 0 Å². The zero-order chi connectivity index (χ0) is 19.3. The van der Waals surface area contributed by atoms with Gasteiger partial charge in [0.2, 0.25) is 0 Å². The largest absolute Gasteiger partial charge is 0.472 e. The van der Waals surface area contributed by atoms with Gasteiger partial charge in [0.1, 0.15) is 14.0 Å². The van der Waals surface area contributed by atoms with E-state index in [2.05, 4.69) is 4.52 Å². The summed E-state index contributed by atoms with van der Waals surface area (Å²) in [6.45, 7) is 3.66. The van der Waals surface area contributed by atoms with Gasteiger partial charge in [0, 0.05) is 26.0 Å². The van der Waals surface area contributed by atoms with Crippen LogP contribution in [0.5, 0.6) is 0 Å². The Morgan fingerprint density at radius 1 is 1.28 bits per heavy atom. The van der Waals surface area contributed by atoms with E-state index in [0.29, 0.717) is 12.8 Å². The summed E-state index contributed by atoms with van der Waals surface area (Å²) < 4.78 is 44.5. The van der Waals surface area contributed by atoms with Crippen LogP contribution in [0.15, 0.2) is 11.9 Å². The van der Waals surface area contributed by atoms with Gasteiger partial charge in [-0.3, -0.25) is 13.6 Å². The van der Waals surface area contributed by atoms with Gasteiger partial charge in [-0.1, -0.05) is 19.4 Å². The predicted molar refractivity (Wildman–Crippen MR) is 97.3 cm³/mol. The number of rotatable bonds is 10. The highest BCUT2D eigenvalue weighted by atomic mass is 31.2. The van der Waals surface area contributed by atoms with E-state index < -0.39 is 33.7 Å². The number of phosphoric ester groups is 1. The molecule has 2 N–H and O–H groups in total. The summed E-state index contributed by atoms with van der Waals surface area (Å²) in [7, 11) is -3.55. The van der Waals surface area contributed by atoms with Crippen molar-refractivity contribution in [1.82, 2.24) is 0 Å². The minimum Gasteiger partial charge on any atom is -0.379 e. The average molecular weight is 398 g/mol. The normalized spacial score (nSPS) is 33.2. The molecule has 4 unspecified atom stereocenters. The lowest BCUT2D eigenvalue weighted by atomic mass is 9.83. The Hall–Kier alpha value is 0.0249. The molecule has 0 aliphatic heterocycles. The van der Waals surface area contributed by atoms with Crippen LogP contribution < -0.4 is 0 Å². The van der Waals surface area contributed by atoms with Gasteiger partial charge in [-0.15, -0.1) is 0 Å². The molecule has 1 saturated carbocycles. The van der Waals surface area contributed by atoms with Crippen molar-refractivity contribution in [2.75, 3.05) is 14.2 Å². The molecule has 11 heteroatoms. The maximum atomic E-state index is 12.3. The molecule has 1 fully saturated rings. The number of ether oxygens (including phenoxy) is 1. The Bertz CT molecular complexity index is 543. The summed E-state index contributed by atoms with van der Waals surface area (Å²) in [5, 5.41) is 0. The fraction of sp³-hybridized carbons (Fsp3) is 0.857. The van der Waals surface area contributed by atoms with E-state index in [1.807, 2.05) is 14.8 Å². The monoisotopic (exact) mass is 398 g/mol. The number of hydrogen-bond donors (Lipinski definition) is 2. The number of methoxy groups -OCH3 is 1. The van der Waals surface area contributed by atoms with E-state index in [9.17, 15) is 18.9 Å². The molecule has 0 amide bonds. The minimum atomic E-state index is -4.29. The lowest BCUT2D eigenvalue weighted by Crippen LogP contribution is -2.31. The van der Waals surface area contributed by atoms with E-state index in [-0.39, 0.29) is 11.7 Å². The zero-order valence-corrected chi connectivity index (χ0v) is 17.2. The summed E-state index contributed by atoms with van der Waals surface area (Å²) in [6, 6.07) is 0. The Kier molecular flexibility index (Phi) is 9.05. The van der Waals surface area contributed by atoms with Crippen molar-refractivity contribution in [3.63, 3.8) is 0 Å². The van der Waals surface area contributed by atoms with Crippen molar-refractivity contribution >= 4 is 23.3 Å². The molecule has 8 nitrogen and oxygen atoms in total. The van der Waals surface area contributed by atoms with Gasteiger partial charge in [0.05, 0.1) is 12.2 Å². The molecule has 0 saturated heterocycles. The van der Waals surface area contributed by atoms with Crippen molar-refractivity contribution in [3.05, 3.63) is 11.9 Å². The van der Waals surface area contributed by atoms with Gasteiger partial charge in [-0.05, 0) is 25.6 Å². The van der Waals surface area contributed by atoms with Crippen LogP contribution in [0.3, 0.4) is 0 Å². The highest BCUT2D eigenvalue weighted by Gasteiger charge is 2.45. The van der Waals surface area contributed by atoms with Crippen LogP contribution in [0, 0.1) is 5.92 Å². The average Bonchev–Trinajstić information content (AvgIpc) is 2.79. The molecule has 7 atom stereocenters. The van der Waals surface area contributed by atoms with E-state index >= 15 is 0 Å². The Morgan fingerprint density at radius 3 is 2.44 bits per heavy atom. The molecule has 0 aromatic rings. The second-order valence-electron chi connectivity index (χ2n) is 6.41. The second kappa shape index (κ2) is 9.81. The Morgan fingerprint density at radius 2 is 1.92 bits per heavy atom. The molecule has 0 spiro atoms. The molecule has 1 rings (SSSR count). The fourth-order valence-corrected chi connectivity index (χ4v) is 4.86. The van der Waals surface area contributed by atoms with Crippen LogP contribution in [0.2, 0.25) is 5.82 Å². The summed E-state index contributed by atoms with van der Waals surface area (Å²) in [4.78, 5) is 19.6. The van der Waals surface area contributed by atoms with Gasteiger partial charge in [0.15, 0.2) is 0 Å². The predicted octanol–water partition coefficient (Wildman–Crippen LogP) is 2.48. The zero-order valence-electron chi connectivity index (χ0n) is 15.4. The Labute approximate surface area is 150 Å². The number of hydrogen-bond acceptors (Lipinski definition) is 6. The first-order valence-corrected chi connectivity index (χ1v) is 11.5. The second-order valence-corrected chi connectivity index (χ2v) is 9.56. The van der Waals surface area contributed by atoms with Crippen molar-refractivity contribution in [1.29, 1.82) is 0 Å². The SMILES string of the molecule is BC1C[C@H](/C=C/P(=O)(O)OC)[C@@H](OP(=O)(O)OC(C)CCC)[C@H]1OC. The number of phosphoric acid groups is 1. The van der Waals surface area contributed by atoms with Crippen molar-refractivity contribution in [3.8, 4) is 0 Å². The van der Waals surface area contributed by atoms with E-state index in [1.54, 1.807) is 6.92 Å². The topological polar surface area (TPSA) is 112 Å². The maximum Gasteiger partial charge on any atom is 0.472 e. The van der Waals surface area contributed by atoms with E-state index in [4.69, 9.17) is 13.8 Å². The maximum absolute atomic E-state index is 12.3. The highest BCUT2D eigenvalue weighted by molar-refractivity contribution is 7.56. The quantitative estimate of drug-likeness (QED) is 0.427. The van der Waals surface area contributed by atoms with Gasteiger partial charge < -0.3 is 19.0 Å². The summed E-state index contributed by atoms with van der Waals surface area (Å²) >= 11 is 0. The van der Waals surface area contributed by atoms with Crippen molar-refractivity contribution in [2.24, 2.45) is 5.92 Å². The molecule has 146 valence electrons. The van der Waals surface area contributed by atoms with Crippen LogP contribution in [-0.2, 0) is 27.4 Å². The highest BCUT2D eigenvalue weighted by Crippen LogP contribution is 2.52. The molecule has 0 radical (unpaired) electrons. The van der Waals surface area contributed by atoms with Crippen LogP contribution in [0.4, 0.5) is 0 Å². The fourth-order valence-electron chi connectivity index (χ4n) is 3.10. The molecular weight excluding hydrogens is 369 g/mol. The first-order valence-electron chi connectivity index (χ1n) is 8.35. The molecule has 0 aromatic carbocycles. The lowest BCUT2D eigenvalue weighted by Gasteiger charge is -2.27. The smallest absolute Gasteiger partial charge is 0.379 e. The molecule has 25 heavy (non-hydrogen) atoms. The standard InChI is InChI=1S/C14H29BO8P2/c1-5-6-10(2)22-25(18,19)23-13-11(7-8-24(16,17)21-4)9-12(15)14(13)20-3/h7-8,10-14H,5-6,9,15H2,1-4H3,(H,16,17)(H,18,19)/b8-7+/t10?,11-,12?,13+,14-/m0/s1. The molecule has 1 aliphatic carbocycles. The summed E-state index contributed by atoms with van der Waals surface area (Å²) in [5.41, 5.74) is 0. The third-order valence-corrected chi connectivity index (χ3v) is 6.48. The molecule has 0 bridgehead atoms. The first-order chi connectivity index (χ1) is 11.5. The van der Waals surface area contributed by atoms with Crippen LogP contribution >= 0.6 is 15.4 Å². The van der Waals surface area contributed by atoms with Crippen molar-refractivity contribution < 1.29 is 37.2 Å². The Balaban J connectivity index is 2.92.